The van der Waals surface area contributed by atoms with Gasteiger partial charge in [0.1, 0.15) is 23.7 Å². The first kappa shape index (κ1) is 25.1. The Hall–Kier alpha value is -3.56. The molecule has 192 valence electrons. The third kappa shape index (κ3) is 5.01. The zero-order valence-corrected chi connectivity index (χ0v) is 21.0. The smallest absolute Gasteiger partial charge is 0.223 e. The zero-order valence-electron chi connectivity index (χ0n) is 20.3. The van der Waals surface area contributed by atoms with Crippen LogP contribution < -0.4 is 4.74 Å². The van der Waals surface area contributed by atoms with Gasteiger partial charge in [0.15, 0.2) is 5.82 Å². The Kier molecular flexibility index (Phi) is 6.83. The monoisotopic (exact) mass is 526 g/mol. The van der Waals surface area contributed by atoms with Crippen molar-refractivity contribution >= 4 is 28.4 Å². The van der Waals surface area contributed by atoms with E-state index in [0.717, 1.165) is 6.20 Å². The van der Waals surface area contributed by atoms with Gasteiger partial charge in [-0.25, -0.2) is 18.4 Å². The lowest BCUT2D eigenvalue weighted by atomic mass is 9.97. The highest BCUT2D eigenvalue weighted by Gasteiger charge is 2.30. The fraction of sp³-hybridized carbons (Fsp3) is 0.296. The van der Waals surface area contributed by atoms with Crippen LogP contribution in [0.2, 0.25) is 5.02 Å². The summed E-state index contributed by atoms with van der Waals surface area (Å²) in [5.41, 5.74) is 2.92. The number of hydrogen-bond donors (Lipinski definition) is 1. The van der Waals surface area contributed by atoms with Gasteiger partial charge in [-0.2, -0.15) is 5.10 Å². The first-order chi connectivity index (χ1) is 17.7. The number of aromatic nitrogens is 3. The van der Waals surface area contributed by atoms with Crippen LogP contribution in [0.4, 0.5) is 8.78 Å². The molecule has 3 heterocycles. The van der Waals surface area contributed by atoms with Crippen LogP contribution in [0.15, 0.2) is 48.8 Å². The molecule has 1 saturated heterocycles. The quantitative estimate of drug-likeness (QED) is 0.369. The molecule has 1 N–H and O–H groups in total. The van der Waals surface area contributed by atoms with E-state index in [1.165, 1.54) is 23.0 Å². The predicted octanol–water partition coefficient (Wildman–Crippen LogP) is 5.28. The lowest BCUT2D eigenvalue weighted by Gasteiger charge is -2.36. The minimum absolute atomic E-state index is 0.0101. The van der Waals surface area contributed by atoms with E-state index in [0.29, 0.717) is 45.6 Å². The van der Waals surface area contributed by atoms with Crippen molar-refractivity contribution in [2.45, 2.75) is 45.4 Å². The molecule has 1 aliphatic heterocycles. The molecule has 0 radical (unpaired) electrons. The predicted molar refractivity (Wildman–Crippen MR) is 135 cm³/mol. The summed E-state index contributed by atoms with van der Waals surface area (Å²) in [6.07, 6.45) is 2.41. The lowest BCUT2D eigenvalue weighted by Crippen LogP contribution is -2.44. The van der Waals surface area contributed by atoms with Crippen LogP contribution in [0, 0.1) is 18.6 Å². The van der Waals surface area contributed by atoms with Crippen LogP contribution in [-0.2, 0) is 11.4 Å². The Balaban J connectivity index is 1.50. The summed E-state index contributed by atoms with van der Waals surface area (Å²) < 4.78 is 35.7. The van der Waals surface area contributed by atoms with E-state index in [4.69, 9.17) is 16.3 Å². The van der Waals surface area contributed by atoms with Gasteiger partial charge in [0, 0.05) is 29.6 Å². The largest absolute Gasteiger partial charge is 0.487 e. The highest BCUT2D eigenvalue weighted by molar-refractivity contribution is 6.31. The Labute approximate surface area is 217 Å². The summed E-state index contributed by atoms with van der Waals surface area (Å²) in [4.78, 5) is 18.7. The molecular weight excluding hydrogens is 502 g/mol. The van der Waals surface area contributed by atoms with Crippen LogP contribution in [0.1, 0.15) is 42.6 Å². The van der Waals surface area contributed by atoms with E-state index in [-0.39, 0.29) is 30.5 Å². The maximum atomic E-state index is 14.4. The maximum absolute atomic E-state index is 14.4. The van der Waals surface area contributed by atoms with Gasteiger partial charge < -0.3 is 14.7 Å². The van der Waals surface area contributed by atoms with Crippen molar-refractivity contribution in [2.24, 2.45) is 0 Å². The van der Waals surface area contributed by atoms with Crippen molar-refractivity contribution in [2.75, 3.05) is 6.54 Å². The standard InChI is InChI=1S/C27H25ClF2N4O3/c1-15-8-24(34-12-18(30)11-31-34)20-4-3-5-25(27(20)32-15)37-14-22-21(9-17(29)10-23(22)28)16(2)33-13-19(35)6-7-26(33)36/h3-5,8-12,16,19,35H,6-7,13-14H2,1-2H3/t16-,19-/m0/s1. The summed E-state index contributed by atoms with van der Waals surface area (Å²) in [7, 11) is 0. The summed E-state index contributed by atoms with van der Waals surface area (Å²) in [6.45, 7) is 3.75. The number of para-hydroxylation sites is 1. The van der Waals surface area contributed by atoms with Gasteiger partial charge in [-0.05, 0) is 50.1 Å². The Morgan fingerprint density at radius 3 is 2.81 bits per heavy atom. The molecule has 1 amide bonds. The minimum atomic E-state index is -0.633. The molecule has 10 heteroatoms. The van der Waals surface area contributed by atoms with Gasteiger partial charge in [-0.3, -0.25) is 4.79 Å². The second-order valence-corrected chi connectivity index (χ2v) is 9.60. The van der Waals surface area contributed by atoms with E-state index in [1.54, 1.807) is 30.0 Å². The number of likely N-dealkylation sites (tertiary alicyclic amines) is 1. The zero-order chi connectivity index (χ0) is 26.3. The number of rotatable bonds is 6. The second-order valence-electron chi connectivity index (χ2n) is 9.20. The molecule has 7 nitrogen and oxygen atoms in total. The summed E-state index contributed by atoms with van der Waals surface area (Å²) >= 11 is 6.46. The second kappa shape index (κ2) is 10.1. The summed E-state index contributed by atoms with van der Waals surface area (Å²) in [6, 6.07) is 9.23. The van der Waals surface area contributed by atoms with Crippen molar-refractivity contribution in [3.8, 4) is 11.4 Å². The molecule has 1 aliphatic rings. The van der Waals surface area contributed by atoms with Gasteiger partial charge in [0.05, 0.1) is 35.2 Å². The molecule has 5 rings (SSSR count). The van der Waals surface area contributed by atoms with Crippen LogP contribution in [-0.4, -0.2) is 43.3 Å². The molecule has 0 bridgehead atoms. The Bertz CT molecular complexity index is 1490. The number of amides is 1. The number of aryl methyl sites for hydroxylation is 1. The lowest BCUT2D eigenvalue weighted by molar-refractivity contribution is -0.139. The SMILES string of the molecule is Cc1cc(-n2cc(F)cn2)c2cccc(OCc3c(Cl)cc(F)cc3[C@H](C)N3C[C@@H](O)CCC3=O)c2n1. The number of halogens is 3. The third-order valence-corrected chi connectivity index (χ3v) is 6.95. The number of nitrogens with zero attached hydrogens (tertiary/aromatic N) is 4. The molecule has 0 saturated carbocycles. The van der Waals surface area contributed by atoms with Crippen LogP contribution in [0.3, 0.4) is 0 Å². The number of pyridine rings is 1. The van der Waals surface area contributed by atoms with Gasteiger partial charge >= 0.3 is 0 Å². The van der Waals surface area contributed by atoms with E-state index in [9.17, 15) is 18.7 Å². The molecule has 1 fully saturated rings. The Morgan fingerprint density at radius 1 is 1.24 bits per heavy atom. The fourth-order valence-corrected chi connectivity index (χ4v) is 5.03. The normalized spacial score (nSPS) is 16.9. The fourth-order valence-electron chi connectivity index (χ4n) is 4.76. The van der Waals surface area contributed by atoms with Gasteiger partial charge in [0.2, 0.25) is 5.91 Å². The summed E-state index contributed by atoms with van der Waals surface area (Å²) in [5.74, 6) is -0.638. The molecule has 2 aromatic carbocycles. The van der Waals surface area contributed by atoms with Crippen molar-refractivity contribution in [1.82, 2.24) is 19.7 Å². The summed E-state index contributed by atoms with van der Waals surface area (Å²) in [5, 5.41) is 15.1. The molecule has 0 unspecified atom stereocenters. The number of benzene rings is 2. The number of hydrogen-bond acceptors (Lipinski definition) is 5. The molecule has 0 spiro atoms. The van der Waals surface area contributed by atoms with Crippen molar-refractivity contribution in [3.63, 3.8) is 0 Å². The molecular formula is C27H25ClF2N4O3. The first-order valence-electron chi connectivity index (χ1n) is 11.9. The number of aliphatic hydroxyl groups is 1. The van der Waals surface area contributed by atoms with Crippen LogP contribution in [0.25, 0.3) is 16.6 Å². The topological polar surface area (TPSA) is 80.5 Å². The van der Waals surface area contributed by atoms with Crippen molar-refractivity contribution < 1.29 is 23.4 Å². The van der Waals surface area contributed by atoms with Crippen LogP contribution in [0.5, 0.6) is 5.75 Å². The molecule has 4 aromatic rings. The maximum Gasteiger partial charge on any atom is 0.223 e. The number of aliphatic hydroxyl groups excluding tert-OH is 1. The molecule has 0 aliphatic carbocycles. The average molecular weight is 527 g/mol. The molecule has 2 aromatic heterocycles. The Morgan fingerprint density at radius 2 is 2.05 bits per heavy atom. The van der Waals surface area contributed by atoms with Crippen LogP contribution >= 0.6 is 11.6 Å². The van der Waals surface area contributed by atoms with Crippen molar-refractivity contribution in [1.29, 1.82) is 0 Å². The minimum Gasteiger partial charge on any atom is -0.487 e. The van der Waals surface area contributed by atoms with Gasteiger partial charge in [0.25, 0.3) is 0 Å². The molecule has 2 atom stereocenters. The number of ether oxygens (including phenoxy) is 1. The number of carbonyl (C=O) groups excluding carboxylic acids is 1. The van der Waals surface area contributed by atoms with Crippen molar-refractivity contribution in [3.05, 3.63) is 82.3 Å². The number of piperidine rings is 1. The molecule has 37 heavy (non-hydrogen) atoms. The number of fused-ring (bicyclic) bond motifs is 1. The van der Waals surface area contributed by atoms with E-state index < -0.39 is 23.8 Å². The number of β-amino-alcohol motifs (C(OH)–C–C–N with tert-alkyl or cyclic N) is 1. The average Bonchev–Trinajstić information content (AvgIpc) is 3.29. The first-order valence-corrected chi connectivity index (χ1v) is 12.3. The van der Waals surface area contributed by atoms with E-state index >= 15 is 0 Å². The van der Waals surface area contributed by atoms with Gasteiger partial charge in [-0.1, -0.05) is 23.7 Å². The highest BCUT2D eigenvalue weighted by atomic mass is 35.5. The highest BCUT2D eigenvalue weighted by Crippen LogP contribution is 2.34. The van der Waals surface area contributed by atoms with Gasteiger partial charge in [-0.15, -0.1) is 0 Å². The number of carbonyl (C=O) groups is 1. The van der Waals surface area contributed by atoms with E-state index in [2.05, 4.69) is 10.1 Å². The third-order valence-electron chi connectivity index (χ3n) is 6.61. The van der Waals surface area contributed by atoms with E-state index in [1.807, 2.05) is 13.0 Å².